The number of rotatable bonds is 5. The summed E-state index contributed by atoms with van der Waals surface area (Å²) in [6, 6.07) is 9.35. The summed E-state index contributed by atoms with van der Waals surface area (Å²) in [7, 11) is 0. The van der Waals surface area contributed by atoms with Crippen molar-refractivity contribution in [3.05, 3.63) is 65.5 Å². The first-order valence-corrected chi connectivity index (χ1v) is 6.25. The minimum Gasteiger partial charge on any atom is -0.376 e. The van der Waals surface area contributed by atoms with E-state index in [0.29, 0.717) is 5.56 Å². The van der Waals surface area contributed by atoms with Gasteiger partial charge in [-0.25, -0.2) is 13.2 Å². The van der Waals surface area contributed by atoms with Gasteiger partial charge in [-0.3, -0.25) is 4.79 Å². The molecule has 0 heterocycles. The largest absolute Gasteiger partial charge is 0.376 e. The molecular formula is C15H13F3N2O. The van der Waals surface area contributed by atoms with E-state index in [1.54, 1.807) is 18.2 Å². The van der Waals surface area contributed by atoms with Gasteiger partial charge < -0.3 is 10.6 Å². The summed E-state index contributed by atoms with van der Waals surface area (Å²) in [5.74, 6) is -2.73. The van der Waals surface area contributed by atoms with E-state index in [1.165, 1.54) is 12.1 Å². The molecule has 2 N–H and O–H groups in total. The number of halogens is 3. The van der Waals surface area contributed by atoms with Crippen molar-refractivity contribution in [2.75, 3.05) is 11.9 Å². The highest BCUT2D eigenvalue weighted by Gasteiger charge is 2.06. The van der Waals surface area contributed by atoms with Crippen LogP contribution in [0.4, 0.5) is 18.9 Å². The molecule has 0 bridgehead atoms. The second-order valence-corrected chi connectivity index (χ2v) is 4.35. The van der Waals surface area contributed by atoms with Gasteiger partial charge in [0.2, 0.25) is 5.91 Å². The number of carbonyl (C=O) groups is 1. The molecular weight excluding hydrogens is 281 g/mol. The number of anilines is 1. The predicted octanol–water partition coefficient (Wildman–Crippen LogP) is 2.83. The predicted molar refractivity (Wildman–Crippen MR) is 73.1 cm³/mol. The summed E-state index contributed by atoms with van der Waals surface area (Å²) in [6.45, 7) is -0.0650. The maximum atomic E-state index is 13.3. The Balaban J connectivity index is 1.82. The smallest absolute Gasteiger partial charge is 0.239 e. The molecule has 0 atom stereocenters. The van der Waals surface area contributed by atoms with Crippen LogP contribution in [-0.4, -0.2) is 12.5 Å². The molecule has 0 aliphatic rings. The van der Waals surface area contributed by atoms with Crippen LogP contribution in [0.2, 0.25) is 0 Å². The van der Waals surface area contributed by atoms with Gasteiger partial charge >= 0.3 is 0 Å². The Morgan fingerprint density at radius 2 is 1.71 bits per heavy atom. The molecule has 2 aromatic carbocycles. The minimum atomic E-state index is -0.994. The molecule has 1 amide bonds. The van der Waals surface area contributed by atoms with Crippen molar-refractivity contribution in [3.8, 4) is 0 Å². The normalized spacial score (nSPS) is 10.2. The van der Waals surface area contributed by atoms with Crippen LogP contribution in [-0.2, 0) is 11.3 Å². The molecule has 0 saturated heterocycles. The zero-order valence-corrected chi connectivity index (χ0v) is 11.0. The van der Waals surface area contributed by atoms with Crippen LogP contribution in [0.3, 0.4) is 0 Å². The van der Waals surface area contributed by atoms with E-state index in [-0.39, 0.29) is 24.7 Å². The average Bonchev–Trinajstić information content (AvgIpc) is 2.47. The molecule has 0 aliphatic carbocycles. The van der Waals surface area contributed by atoms with Crippen LogP contribution < -0.4 is 10.6 Å². The third kappa shape index (κ3) is 4.24. The first kappa shape index (κ1) is 14.9. The number of amides is 1. The fraction of sp³-hybridized carbons (Fsp3) is 0.133. The standard InChI is InChI=1S/C15H13F3N2O/c16-12-4-2-1-3-10(12)8-20-15(21)9-19-11-5-6-13(17)14(18)7-11/h1-7,19H,8-9H2,(H,20,21). The Morgan fingerprint density at radius 3 is 2.43 bits per heavy atom. The van der Waals surface area contributed by atoms with Gasteiger partial charge in [0.1, 0.15) is 5.82 Å². The lowest BCUT2D eigenvalue weighted by atomic mass is 10.2. The van der Waals surface area contributed by atoms with Crippen molar-refractivity contribution >= 4 is 11.6 Å². The van der Waals surface area contributed by atoms with Gasteiger partial charge in [-0.15, -0.1) is 0 Å². The molecule has 6 heteroatoms. The molecule has 3 nitrogen and oxygen atoms in total. The first-order chi connectivity index (χ1) is 10.1. The van der Waals surface area contributed by atoms with Crippen molar-refractivity contribution in [3.63, 3.8) is 0 Å². The van der Waals surface area contributed by atoms with Gasteiger partial charge in [-0.2, -0.15) is 0 Å². The Bertz CT molecular complexity index is 647. The maximum absolute atomic E-state index is 13.3. The molecule has 0 unspecified atom stereocenters. The third-order valence-corrected chi connectivity index (χ3v) is 2.81. The SMILES string of the molecule is O=C(CNc1ccc(F)c(F)c1)NCc1ccccc1F. The highest BCUT2D eigenvalue weighted by Crippen LogP contribution is 2.12. The number of hydrogen-bond acceptors (Lipinski definition) is 2. The molecule has 0 spiro atoms. The molecule has 0 saturated carbocycles. The molecule has 0 radical (unpaired) electrons. The monoisotopic (exact) mass is 294 g/mol. The lowest BCUT2D eigenvalue weighted by Gasteiger charge is -2.08. The van der Waals surface area contributed by atoms with Crippen LogP contribution >= 0.6 is 0 Å². The second-order valence-electron chi connectivity index (χ2n) is 4.35. The van der Waals surface area contributed by atoms with Gasteiger partial charge in [-0.05, 0) is 18.2 Å². The Morgan fingerprint density at radius 1 is 0.952 bits per heavy atom. The van der Waals surface area contributed by atoms with Crippen molar-refractivity contribution in [2.45, 2.75) is 6.54 Å². The summed E-state index contributed by atoms with van der Waals surface area (Å²) in [6.07, 6.45) is 0. The van der Waals surface area contributed by atoms with E-state index in [1.807, 2.05) is 0 Å². The number of hydrogen-bond donors (Lipinski definition) is 2. The fourth-order valence-electron chi connectivity index (χ4n) is 1.69. The summed E-state index contributed by atoms with van der Waals surface area (Å²) in [5, 5.41) is 5.18. The minimum absolute atomic E-state index is 0.0605. The van der Waals surface area contributed by atoms with Crippen LogP contribution in [0.25, 0.3) is 0 Å². The van der Waals surface area contributed by atoms with Crippen LogP contribution in [0.5, 0.6) is 0 Å². The van der Waals surface area contributed by atoms with E-state index < -0.39 is 17.5 Å². The number of carbonyl (C=O) groups excluding carboxylic acids is 1. The Labute approximate surface area is 119 Å². The van der Waals surface area contributed by atoms with Crippen molar-refractivity contribution in [2.24, 2.45) is 0 Å². The van der Waals surface area contributed by atoms with Crippen LogP contribution in [0.15, 0.2) is 42.5 Å². The highest BCUT2D eigenvalue weighted by molar-refractivity contribution is 5.80. The van der Waals surface area contributed by atoms with Gasteiger partial charge in [0.15, 0.2) is 11.6 Å². The quantitative estimate of drug-likeness (QED) is 0.890. The molecule has 0 aromatic heterocycles. The molecule has 2 aromatic rings. The van der Waals surface area contributed by atoms with Crippen LogP contribution in [0, 0.1) is 17.5 Å². The lowest BCUT2D eigenvalue weighted by molar-refractivity contribution is -0.119. The number of benzene rings is 2. The summed E-state index contributed by atoms with van der Waals surface area (Å²) < 4.78 is 39.0. The first-order valence-electron chi connectivity index (χ1n) is 6.25. The fourth-order valence-corrected chi connectivity index (χ4v) is 1.69. The topological polar surface area (TPSA) is 41.1 Å². The van der Waals surface area contributed by atoms with E-state index in [9.17, 15) is 18.0 Å². The van der Waals surface area contributed by atoms with E-state index >= 15 is 0 Å². The van der Waals surface area contributed by atoms with Crippen molar-refractivity contribution in [1.82, 2.24) is 5.32 Å². The molecule has 0 aliphatic heterocycles. The molecule has 0 fully saturated rings. The summed E-state index contributed by atoms with van der Waals surface area (Å²) in [4.78, 5) is 11.6. The van der Waals surface area contributed by atoms with Gasteiger partial charge in [0.25, 0.3) is 0 Å². The molecule has 21 heavy (non-hydrogen) atoms. The Hall–Kier alpha value is -2.50. The van der Waals surface area contributed by atoms with E-state index in [0.717, 1.165) is 12.1 Å². The molecule has 110 valence electrons. The zero-order valence-electron chi connectivity index (χ0n) is 11.0. The van der Waals surface area contributed by atoms with E-state index in [4.69, 9.17) is 0 Å². The average molecular weight is 294 g/mol. The highest BCUT2D eigenvalue weighted by atomic mass is 19.2. The molecule has 2 rings (SSSR count). The zero-order chi connectivity index (χ0) is 15.2. The van der Waals surface area contributed by atoms with Crippen molar-refractivity contribution < 1.29 is 18.0 Å². The maximum Gasteiger partial charge on any atom is 0.239 e. The van der Waals surface area contributed by atoms with Crippen molar-refractivity contribution in [1.29, 1.82) is 0 Å². The summed E-state index contributed by atoms with van der Waals surface area (Å²) >= 11 is 0. The van der Waals surface area contributed by atoms with Crippen LogP contribution in [0.1, 0.15) is 5.56 Å². The summed E-state index contributed by atoms with van der Waals surface area (Å²) in [5.41, 5.74) is 0.661. The lowest BCUT2D eigenvalue weighted by Crippen LogP contribution is -2.29. The van der Waals surface area contributed by atoms with Gasteiger partial charge in [0, 0.05) is 23.9 Å². The second kappa shape index (κ2) is 6.78. The van der Waals surface area contributed by atoms with Gasteiger partial charge in [-0.1, -0.05) is 18.2 Å². The Kier molecular flexibility index (Phi) is 4.81. The number of nitrogens with one attached hydrogen (secondary N) is 2. The van der Waals surface area contributed by atoms with E-state index in [2.05, 4.69) is 10.6 Å². The third-order valence-electron chi connectivity index (χ3n) is 2.81. The van der Waals surface area contributed by atoms with Gasteiger partial charge in [0.05, 0.1) is 6.54 Å².